The van der Waals surface area contributed by atoms with Crippen molar-refractivity contribution in [3.63, 3.8) is 0 Å². The smallest absolute Gasteiger partial charge is 0.419 e. The van der Waals surface area contributed by atoms with Crippen molar-refractivity contribution in [2.45, 2.75) is 12.3 Å². The van der Waals surface area contributed by atoms with E-state index in [0.29, 0.717) is 23.1 Å². The van der Waals surface area contributed by atoms with Gasteiger partial charge in [-0.25, -0.2) is 4.98 Å². The van der Waals surface area contributed by atoms with Gasteiger partial charge in [0.15, 0.2) is 5.13 Å². The van der Waals surface area contributed by atoms with Crippen molar-refractivity contribution in [3.8, 4) is 5.75 Å². The minimum absolute atomic E-state index is 0.179. The van der Waals surface area contributed by atoms with Crippen LogP contribution in [-0.4, -0.2) is 30.1 Å². The molecular weight excluding hydrogens is 331 g/mol. The molecule has 0 radical (unpaired) electrons. The first-order valence-electron chi connectivity index (χ1n) is 6.68. The molecule has 1 aromatic carbocycles. The molecule has 1 aliphatic heterocycles. The van der Waals surface area contributed by atoms with Crippen LogP contribution in [0.5, 0.6) is 5.75 Å². The lowest BCUT2D eigenvalue weighted by molar-refractivity contribution is -0.139. The zero-order valence-electron chi connectivity index (χ0n) is 11.7. The normalized spacial score (nSPS) is 15.3. The molecule has 9 heteroatoms. The number of hydrogen-bond donors (Lipinski definition) is 1. The molecular formula is C14H12F3N3O2S. The lowest BCUT2D eigenvalue weighted by Crippen LogP contribution is -2.54. The van der Waals surface area contributed by atoms with E-state index in [4.69, 9.17) is 10.5 Å². The summed E-state index contributed by atoms with van der Waals surface area (Å²) in [7, 11) is 0. The molecule has 0 bridgehead atoms. The third-order valence-electron chi connectivity index (χ3n) is 3.34. The molecule has 0 spiro atoms. The lowest BCUT2D eigenvalue weighted by atomic mass is 10.1. The number of alkyl halides is 3. The van der Waals surface area contributed by atoms with Gasteiger partial charge in [0.2, 0.25) is 0 Å². The zero-order valence-corrected chi connectivity index (χ0v) is 12.5. The van der Waals surface area contributed by atoms with Gasteiger partial charge < -0.3 is 15.4 Å². The second-order valence-electron chi connectivity index (χ2n) is 5.01. The number of nitrogens with zero attached hydrogens (tertiary/aromatic N) is 2. The van der Waals surface area contributed by atoms with Crippen molar-refractivity contribution in [1.29, 1.82) is 0 Å². The summed E-state index contributed by atoms with van der Waals surface area (Å²) in [4.78, 5) is 17.2. The lowest BCUT2D eigenvalue weighted by Gasteiger charge is -2.39. The molecule has 5 nitrogen and oxygen atoms in total. The predicted molar refractivity (Wildman–Crippen MR) is 78.7 cm³/mol. The van der Waals surface area contributed by atoms with E-state index in [9.17, 15) is 18.0 Å². The number of ether oxygens (including phenoxy) is 1. The number of thiazole rings is 1. The van der Waals surface area contributed by atoms with Gasteiger partial charge >= 0.3 is 6.18 Å². The van der Waals surface area contributed by atoms with E-state index in [1.807, 2.05) is 4.90 Å². The van der Waals surface area contributed by atoms with Crippen LogP contribution >= 0.6 is 11.3 Å². The summed E-state index contributed by atoms with van der Waals surface area (Å²) >= 11 is 1.15. The summed E-state index contributed by atoms with van der Waals surface area (Å²) < 4.78 is 44.1. The maximum atomic E-state index is 12.9. The van der Waals surface area contributed by atoms with E-state index >= 15 is 0 Å². The fourth-order valence-electron chi connectivity index (χ4n) is 2.18. The van der Waals surface area contributed by atoms with Crippen molar-refractivity contribution < 1.29 is 22.7 Å². The summed E-state index contributed by atoms with van der Waals surface area (Å²) in [5.41, 5.74) is 4.37. The van der Waals surface area contributed by atoms with Crippen molar-refractivity contribution in [2.24, 2.45) is 5.73 Å². The Labute approximate surface area is 133 Å². The maximum Gasteiger partial charge on any atom is 0.419 e. The summed E-state index contributed by atoms with van der Waals surface area (Å²) in [5.74, 6) is -0.734. The van der Waals surface area contributed by atoms with Gasteiger partial charge in [0.25, 0.3) is 5.91 Å². The standard InChI is InChI=1S/C14H12F3N3O2S/c15-14(16,17)9-3-1-2-4-10(9)22-8-6-20(7-8)13-19-5-11(23-13)12(18)21/h1-5,8H,6-7H2,(H2,18,21). The SMILES string of the molecule is NC(=O)c1cnc(N2CC(Oc3ccccc3C(F)(F)F)C2)s1. The Morgan fingerprint density at radius 3 is 2.65 bits per heavy atom. The average Bonchev–Trinajstić information content (AvgIpc) is 2.91. The van der Waals surface area contributed by atoms with Crippen molar-refractivity contribution in [2.75, 3.05) is 18.0 Å². The Morgan fingerprint density at radius 2 is 2.04 bits per heavy atom. The Bertz CT molecular complexity index is 726. The number of carbonyl (C=O) groups is 1. The molecule has 1 saturated heterocycles. The van der Waals surface area contributed by atoms with Gasteiger partial charge in [0.1, 0.15) is 16.7 Å². The van der Waals surface area contributed by atoms with Crippen LogP contribution < -0.4 is 15.4 Å². The summed E-state index contributed by atoms with van der Waals surface area (Å²) in [6.45, 7) is 0.801. The molecule has 0 saturated carbocycles. The van der Waals surface area contributed by atoms with E-state index < -0.39 is 17.6 Å². The summed E-state index contributed by atoms with van der Waals surface area (Å²) in [6, 6.07) is 5.12. The largest absolute Gasteiger partial charge is 0.486 e. The highest BCUT2D eigenvalue weighted by molar-refractivity contribution is 7.17. The Kier molecular flexibility index (Phi) is 3.88. The van der Waals surface area contributed by atoms with Gasteiger partial charge in [0, 0.05) is 0 Å². The molecule has 3 rings (SSSR count). The fraction of sp³-hybridized carbons (Fsp3) is 0.286. The molecule has 1 aromatic heterocycles. The number of carbonyl (C=O) groups excluding carboxylic acids is 1. The number of nitrogens with two attached hydrogens (primary N) is 1. The predicted octanol–water partition coefficient (Wildman–Crippen LogP) is 2.53. The molecule has 23 heavy (non-hydrogen) atoms. The summed E-state index contributed by atoms with van der Waals surface area (Å²) in [6.07, 6.45) is -3.43. The summed E-state index contributed by atoms with van der Waals surface area (Å²) in [5, 5.41) is 0.600. The van der Waals surface area contributed by atoms with E-state index in [-0.39, 0.29) is 11.9 Å². The second-order valence-corrected chi connectivity index (χ2v) is 6.02. The fourth-order valence-corrected chi connectivity index (χ4v) is 2.96. The highest BCUT2D eigenvalue weighted by Gasteiger charge is 2.37. The highest BCUT2D eigenvalue weighted by atomic mass is 32.1. The van der Waals surface area contributed by atoms with E-state index in [2.05, 4.69) is 4.98 Å². The molecule has 1 amide bonds. The molecule has 2 N–H and O–H groups in total. The molecule has 0 unspecified atom stereocenters. The van der Waals surface area contributed by atoms with Crippen molar-refractivity contribution >= 4 is 22.4 Å². The Morgan fingerprint density at radius 1 is 1.35 bits per heavy atom. The Balaban J connectivity index is 1.63. The zero-order chi connectivity index (χ0) is 16.6. The quantitative estimate of drug-likeness (QED) is 0.926. The average molecular weight is 343 g/mol. The number of benzene rings is 1. The van der Waals surface area contributed by atoms with Crippen LogP contribution in [0.4, 0.5) is 18.3 Å². The first-order chi connectivity index (χ1) is 10.8. The van der Waals surface area contributed by atoms with Crippen LogP contribution in [0.2, 0.25) is 0 Å². The number of anilines is 1. The van der Waals surface area contributed by atoms with Gasteiger partial charge in [-0.1, -0.05) is 23.5 Å². The molecule has 1 aliphatic rings. The molecule has 122 valence electrons. The molecule has 0 atom stereocenters. The van der Waals surface area contributed by atoms with Gasteiger partial charge in [0.05, 0.1) is 24.8 Å². The first-order valence-corrected chi connectivity index (χ1v) is 7.49. The van der Waals surface area contributed by atoms with Crippen LogP contribution in [0, 0.1) is 0 Å². The van der Waals surface area contributed by atoms with Crippen LogP contribution in [0.15, 0.2) is 30.5 Å². The van der Waals surface area contributed by atoms with Crippen molar-refractivity contribution in [1.82, 2.24) is 4.98 Å². The first kappa shape index (κ1) is 15.6. The third-order valence-corrected chi connectivity index (χ3v) is 4.41. The number of primary amides is 1. The highest BCUT2D eigenvalue weighted by Crippen LogP contribution is 2.37. The van der Waals surface area contributed by atoms with Crippen LogP contribution in [0.25, 0.3) is 0 Å². The number of hydrogen-bond acceptors (Lipinski definition) is 5. The molecule has 2 heterocycles. The monoisotopic (exact) mass is 343 g/mol. The van der Waals surface area contributed by atoms with Gasteiger partial charge in [-0.05, 0) is 12.1 Å². The van der Waals surface area contributed by atoms with Gasteiger partial charge in [-0.15, -0.1) is 0 Å². The number of amides is 1. The van der Waals surface area contributed by atoms with Gasteiger partial charge in [-0.3, -0.25) is 4.79 Å². The van der Waals surface area contributed by atoms with Crippen LogP contribution in [0.1, 0.15) is 15.2 Å². The van der Waals surface area contributed by atoms with E-state index in [0.717, 1.165) is 17.4 Å². The third kappa shape index (κ3) is 3.24. The molecule has 0 aliphatic carbocycles. The topological polar surface area (TPSA) is 68.5 Å². The Hall–Kier alpha value is -2.29. The van der Waals surface area contributed by atoms with Crippen molar-refractivity contribution in [3.05, 3.63) is 40.9 Å². The van der Waals surface area contributed by atoms with E-state index in [1.54, 1.807) is 0 Å². The number of aromatic nitrogens is 1. The minimum Gasteiger partial charge on any atom is -0.486 e. The number of rotatable bonds is 4. The minimum atomic E-state index is -4.45. The second kappa shape index (κ2) is 5.73. The molecule has 1 fully saturated rings. The van der Waals surface area contributed by atoms with Crippen LogP contribution in [0.3, 0.4) is 0 Å². The molecule has 2 aromatic rings. The van der Waals surface area contributed by atoms with Gasteiger partial charge in [-0.2, -0.15) is 13.2 Å². The van der Waals surface area contributed by atoms with E-state index in [1.165, 1.54) is 24.4 Å². The van der Waals surface area contributed by atoms with Crippen LogP contribution in [-0.2, 0) is 6.18 Å². The maximum absolute atomic E-state index is 12.9. The number of halogens is 3. The number of para-hydroxylation sites is 1.